The minimum atomic E-state index is -0.530. The molecule has 0 aromatic carbocycles. The van der Waals surface area contributed by atoms with Crippen molar-refractivity contribution in [2.75, 3.05) is 46.0 Å². The maximum absolute atomic E-state index is 13.5. The zero-order chi connectivity index (χ0) is 49.4. The van der Waals surface area contributed by atoms with Crippen LogP contribution in [0.25, 0.3) is 0 Å². The van der Waals surface area contributed by atoms with Crippen molar-refractivity contribution in [3.63, 3.8) is 0 Å². The van der Waals surface area contributed by atoms with Crippen LogP contribution in [0.15, 0.2) is 24.8 Å². The molecule has 0 saturated heterocycles. The monoisotopic (exact) mass is 1060 g/mol. The van der Waals surface area contributed by atoms with Crippen LogP contribution in [-0.2, 0) is 25.6 Å². The molecule has 16 atom stereocenters. The third-order valence-corrected chi connectivity index (χ3v) is 21.6. The Morgan fingerprint density at radius 3 is 1.61 bits per heavy atom. The molecular formula is C58H97BrN4O8. The van der Waals surface area contributed by atoms with Crippen molar-refractivity contribution in [1.29, 1.82) is 0 Å². The SMILES string of the molecule is C.C.CCOc1cn[nH]c1.CCOc1cnn(CC(=O)[C@H]2CC[C@H]3[C@@H]4CC[C@H]5C[C@](C)(O)CC[C@]5(COC)[C@H]4CC[C@]23C)c1.COC[C@]12CC[C@@](C)(O)C[C@@H]1CC[C@H]1[C@@H]3CC[C@H](C(=O)CBr)[C@@]3(C)CC[C@@H]12. The molecule has 0 radical (unpaired) electrons. The van der Waals surface area contributed by atoms with Crippen molar-refractivity contribution >= 4 is 27.5 Å². The molecule has 0 unspecified atom stereocenters. The van der Waals surface area contributed by atoms with E-state index in [1.165, 1.54) is 57.8 Å². The zero-order valence-electron chi connectivity index (χ0n) is 43.6. The van der Waals surface area contributed by atoms with Gasteiger partial charge in [0.2, 0.25) is 0 Å². The number of hydrogen-bond donors (Lipinski definition) is 3. The molecule has 3 N–H and O–H groups in total. The lowest BCUT2D eigenvalue weighted by Crippen LogP contribution is -2.58. The Kier molecular flexibility index (Phi) is 19.0. The lowest BCUT2D eigenvalue weighted by molar-refractivity contribution is -0.175. The van der Waals surface area contributed by atoms with E-state index in [9.17, 15) is 19.8 Å². The van der Waals surface area contributed by atoms with Gasteiger partial charge in [-0.3, -0.25) is 19.4 Å². The van der Waals surface area contributed by atoms with Gasteiger partial charge in [-0.25, -0.2) is 0 Å². The number of carbonyl (C=O) groups is 2. The lowest BCUT2D eigenvalue weighted by atomic mass is 9.43. The van der Waals surface area contributed by atoms with Gasteiger partial charge in [-0.15, -0.1) is 0 Å². The molecule has 71 heavy (non-hydrogen) atoms. The number of nitrogens with one attached hydrogen (secondary N) is 1. The number of Topliss-reactive ketones (excluding diaryl/α,β-unsaturated/α-hetero) is 2. The first-order valence-corrected chi connectivity index (χ1v) is 28.4. The average molecular weight is 1060 g/mol. The van der Waals surface area contributed by atoms with Gasteiger partial charge in [0.15, 0.2) is 17.3 Å². The lowest BCUT2D eigenvalue weighted by Gasteiger charge is -2.62. The Balaban J connectivity index is 0.000000199. The highest BCUT2D eigenvalue weighted by atomic mass is 79.9. The molecule has 0 bridgehead atoms. The van der Waals surface area contributed by atoms with E-state index in [1.54, 1.807) is 23.3 Å². The van der Waals surface area contributed by atoms with Crippen LogP contribution in [0.1, 0.15) is 172 Å². The molecule has 8 aliphatic carbocycles. The Hall–Kier alpha value is -2.32. The number of methoxy groups -OCH3 is 2. The second-order valence-electron chi connectivity index (χ2n) is 24.6. The maximum atomic E-state index is 13.5. The molecule has 2 aromatic heterocycles. The van der Waals surface area contributed by atoms with Crippen LogP contribution in [0.4, 0.5) is 0 Å². The summed E-state index contributed by atoms with van der Waals surface area (Å²) in [5.41, 5.74) is -0.286. The van der Waals surface area contributed by atoms with Gasteiger partial charge in [0.05, 0.1) is 74.3 Å². The second-order valence-corrected chi connectivity index (χ2v) is 25.2. The van der Waals surface area contributed by atoms with Crippen LogP contribution < -0.4 is 9.47 Å². The number of aromatic nitrogens is 4. The summed E-state index contributed by atoms with van der Waals surface area (Å²) in [4.78, 5) is 26.1. The topological polar surface area (TPSA) is 158 Å². The summed E-state index contributed by atoms with van der Waals surface area (Å²) in [5, 5.41) is 32.8. The van der Waals surface area contributed by atoms with E-state index in [2.05, 4.69) is 45.1 Å². The summed E-state index contributed by atoms with van der Waals surface area (Å²) >= 11 is 3.43. The van der Waals surface area contributed by atoms with E-state index in [0.717, 1.165) is 88.4 Å². The highest BCUT2D eigenvalue weighted by molar-refractivity contribution is 9.09. The minimum Gasteiger partial charge on any atom is -0.491 e. The van der Waals surface area contributed by atoms with Gasteiger partial charge >= 0.3 is 0 Å². The number of H-pyrrole nitrogens is 1. The molecule has 404 valence electrons. The summed E-state index contributed by atoms with van der Waals surface area (Å²) in [5.74, 6) is 7.93. The fourth-order valence-corrected chi connectivity index (χ4v) is 18.5. The molecule has 10 rings (SSSR count). The predicted octanol–water partition coefficient (Wildman–Crippen LogP) is 12.0. The van der Waals surface area contributed by atoms with E-state index >= 15 is 0 Å². The number of alkyl halides is 1. The van der Waals surface area contributed by atoms with Crippen LogP contribution in [0.5, 0.6) is 11.5 Å². The molecular weight excluding hydrogens is 961 g/mol. The van der Waals surface area contributed by atoms with Crippen molar-refractivity contribution in [1.82, 2.24) is 20.0 Å². The first-order chi connectivity index (χ1) is 32.9. The molecule has 0 amide bonds. The molecule has 8 aliphatic rings. The molecule has 8 saturated carbocycles. The van der Waals surface area contributed by atoms with Gasteiger partial charge in [0.1, 0.15) is 5.78 Å². The number of halogens is 1. The molecule has 8 fully saturated rings. The Morgan fingerprint density at radius 2 is 1.15 bits per heavy atom. The normalized spacial score (nSPS) is 41.7. The number of fused-ring (bicyclic) bond motifs is 10. The van der Waals surface area contributed by atoms with Gasteiger partial charge < -0.3 is 29.2 Å². The van der Waals surface area contributed by atoms with Crippen molar-refractivity contribution in [2.24, 2.45) is 80.8 Å². The van der Waals surface area contributed by atoms with E-state index in [-0.39, 0.29) is 48.3 Å². The molecule has 2 heterocycles. The van der Waals surface area contributed by atoms with Crippen molar-refractivity contribution in [3.05, 3.63) is 24.8 Å². The van der Waals surface area contributed by atoms with Crippen molar-refractivity contribution in [3.8, 4) is 11.5 Å². The largest absolute Gasteiger partial charge is 0.491 e. The Morgan fingerprint density at radius 1 is 0.662 bits per heavy atom. The third-order valence-electron chi connectivity index (χ3n) is 21.1. The smallest absolute Gasteiger partial charge is 0.157 e. The first kappa shape index (κ1) is 57.9. The third kappa shape index (κ3) is 11.2. The summed E-state index contributed by atoms with van der Waals surface area (Å²) < 4.78 is 24.0. The fraction of sp³-hybridized carbons (Fsp3) is 0.862. The first-order valence-electron chi connectivity index (χ1n) is 27.2. The quantitative estimate of drug-likeness (QED) is 0.165. The van der Waals surface area contributed by atoms with Gasteiger partial charge in [-0.2, -0.15) is 10.2 Å². The summed E-state index contributed by atoms with van der Waals surface area (Å²) in [6.45, 7) is 16.1. The van der Waals surface area contributed by atoms with Crippen LogP contribution >= 0.6 is 15.9 Å². The number of ketones is 2. The Bertz CT molecular complexity index is 2030. The molecule has 12 nitrogen and oxygen atoms in total. The zero-order valence-corrected chi connectivity index (χ0v) is 45.2. The number of rotatable bonds is 13. The Labute approximate surface area is 437 Å². The molecule has 0 spiro atoms. The highest BCUT2D eigenvalue weighted by Crippen LogP contribution is 2.70. The van der Waals surface area contributed by atoms with Crippen molar-refractivity contribution in [2.45, 2.75) is 190 Å². The number of carbonyl (C=O) groups excluding carboxylic acids is 2. The highest BCUT2D eigenvalue weighted by Gasteiger charge is 2.65. The second kappa shape index (κ2) is 23.3. The maximum Gasteiger partial charge on any atom is 0.157 e. The van der Waals surface area contributed by atoms with Crippen molar-refractivity contribution < 1.29 is 38.7 Å². The van der Waals surface area contributed by atoms with Gasteiger partial charge in [0.25, 0.3) is 0 Å². The summed E-state index contributed by atoms with van der Waals surface area (Å²) in [6, 6.07) is 0. The van der Waals surface area contributed by atoms with E-state index in [0.29, 0.717) is 78.1 Å². The van der Waals surface area contributed by atoms with Gasteiger partial charge in [0, 0.05) is 26.1 Å². The number of hydrogen-bond acceptors (Lipinski definition) is 10. The summed E-state index contributed by atoms with van der Waals surface area (Å²) in [6.07, 6.45) is 26.9. The van der Waals surface area contributed by atoms with Gasteiger partial charge in [-0.05, 0) is 212 Å². The van der Waals surface area contributed by atoms with E-state index in [1.807, 2.05) is 48.1 Å². The number of ether oxygens (including phenoxy) is 4. The van der Waals surface area contributed by atoms with Crippen LogP contribution in [0.3, 0.4) is 0 Å². The van der Waals surface area contributed by atoms with Gasteiger partial charge in [-0.1, -0.05) is 44.6 Å². The fourth-order valence-electron chi connectivity index (χ4n) is 18.1. The molecule has 0 aliphatic heterocycles. The van der Waals surface area contributed by atoms with Crippen LogP contribution in [0.2, 0.25) is 0 Å². The molecule has 2 aromatic rings. The van der Waals surface area contributed by atoms with E-state index in [4.69, 9.17) is 18.9 Å². The number of nitrogens with zero attached hydrogens (tertiary/aromatic N) is 3. The minimum absolute atomic E-state index is 0. The average Bonchev–Trinajstić information content (AvgIpc) is 4.14. The van der Waals surface area contributed by atoms with Crippen LogP contribution in [0, 0.1) is 80.8 Å². The number of aliphatic hydroxyl groups is 2. The van der Waals surface area contributed by atoms with Crippen LogP contribution in [-0.4, -0.2) is 98.9 Å². The number of aromatic amines is 1. The molecule has 13 heteroatoms. The summed E-state index contributed by atoms with van der Waals surface area (Å²) in [7, 11) is 3.71. The predicted molar refractivity (Wildman–Crippen MR) is 285 cm³/mol. The standard InChI is InChI=1S/C28H44N2O4.C23H37BrO3.C5H8N2O.2CH4/c1-5-34-20-15-29-30(16-20)17-25(31)24-9-8-22-21-7-6-19-14-26(2,32)12-13-28(19,18-33-4)23(21)10-11-27(22,24)3;1-21(26)10-11-23(14-27-3)15(12-21)4-5-16-17-6-7-19(20(25)13-24)22(17,2)9-8-18(16)23;1-2-8-5-3-6-7-4-5;;/h15-16,19,21-24,32H,5-14,17-18H2,1-4H3;15-19,26H,4-14H2,1-3H3;3-4H,2H2,1H3,(H,6,7);2*1H4/t19-,21-,22-,23-,24+,26+,27-,28+;15-,16-,17-,18-,19+,21+,22-,23+;;;/m00.../s1. The van der Waals surface area contributed by atoms with E-state index < -0.39 is 11.2 Å².